The zero-order valence-corrected chi connectivity index (χ0v) is 18.6. The Balaban J connectivity index is 2.19. The van der Waals surface area contributed by atoms with Crippen molar-refractivity contribution in [2.75, 3.05) is 6.54 Å². The maximum atomic E-state index is 13.4. The van der Waals surface area contributed by atoms with E-state index in [1.165, 1.54) is 14.7 Å². The molecule has 0 radical (unpaired) electrons. The minimum atomic E-state index is -1.19. The van der Waals surface area contributed by atoms with E-state index < -0.39 is 29.6 Å². The standard InChI is InChI=1S/C24H31N3O5/c1-15(2)18-11-9-17(10-12-18)14-26-16(3)21(22(30)25-13-20(28)29)23(31)27(24(26)32)19-7-5-4-6-8-19/h9-12,15,19,25,30H,3-8,13-14H2,1-2H3,(H,28,29). The Morgan fingerprint density at radius 3 is 2.31 bits per heavy atom. The van der Waals surface area contributed by atoms with E-state index in [2.05, 4.69) is 25.7 Å². The van der Waals surface area contributed by atoms with E-state index >= 15 is 0 Å². The van der Waals surface area contributed by atoms with Gasteiger partial charge >= 0.3 is 11.7 Å². The fourth-order valence-corrected chi connectivity index (χ4v) is 4.21. The van der Waals surface area contributed by atoms with Gasteiger partial charge in [-0.25, -0.2) is 4.79 Å². The second-order valence-corrected chi connectivity index (χ2v) is 8.65. The molecule has 3 N–H and O–H groups in total. The van der Waals surface area contributed by atoms with E-state index in [9.17, 15) is 19.5 Å². The Bertz CT molecular complexity index is 1200. The van der Waals surface area contributed by atoms with Crippen molar-refractivity contribution in [3.05, 3.63) is 66.8 Å². The van der Waals surface area contributed by atoms with Gasteiger partial charge < -0.3 is 15.5 Å². The molecule has 3 rings (SSSR count). The van der Waals surface area contributed by atoms with Crippen LogP contribution in [0, 0.1) is 0 Å². The van der Waals surface area contributed by atoms with Crippen LogP contribution in [0.5, 0.6) is 0 Å². The Morgan fingerprint density at radius 2 is 1.75 bits per heavy atom. The molecule has 0 spiro atoms. The molecule has 8 nitrogen and oxygen atoms in total. The first-order chi connectivity index (χ1) is 15.2. The van der Waals surface area contributed by atoms with Crippen LogP contribution in [-0.4, -0.2) is 31.9 Å². The summed E-state index contributed by atoms with van der Waals surface area (Å²) in [7, 11) is 0. The number of carboxylic acids is 1. The molecule has 1 heterocycles. The molecule has 0 saturated heterocycles. The van der Waals surface area contributed by atoms with Gasteiger partial charge in [-0.05, 0) is 29.9 Å². The lowest BCUT2D eigenvalue weighted by Gasteiger charge is -2.24. The number of aliphatic hydroxyl groups is 1. The first-order valence-corrected chi connectivity index (χ1v) is 11.0. The highest BCUT2D eigenvalue weighted by molar-refractivity contribution is 5.70. The van der Waals surface area contributed by atoms with E-state index in [0.29, 0.717) is 18.8 Å². The highest BCUT2D eigenvalue weighted by Gasteiger charge is 2.22. The largest absolute Gasteiger partial charge is 0.494 e. The SMILES string of the molecule is C=c1c(=C(O)NCC(=O)O)c(=O)n(C2CCCCC2)c(=O)n1Cc1ccc(C(C)C)cc1. The van der Waals surface area contributed by atoms with E-state index in [-0.39, 0.29) is 23.2 Å². The minimum Gasteiger partial charge on any atom is -0.494 e. The molecule has 1 aliphatic rings. The van der Waals surface area contributed by atoms with E-state index in [1.807, 2.05) is 24.3 Å². The molecule has 0 aliphatic heterocycles. The average Bonchev–Trinajstić information content (AvgIpc) is 2.76. The predicted octanol–water partition coefficient (Wildman–Crippen LogP) is 1.40. The van der Waals surface area contributed by atoms with Crippen molar-refractivity contribution in [3.63, 3.8) is 0 Å². The molecule has 1 aromatic carbocycles. The van der Waals surface area contributed by atoms with Crippen molar-refractivity contribution in [1.82, 2.24) is 14.5 Å². The molecule has 1 aromatic heterocycles. The van der Waals surface area contributed by atoms with Crippen LogP contribution in [0.4, 0.5) is 0 Å². The van der Waals surface area contributed by atoms with Crippen molar-refractivity contribution >= 4 is 18.4 Å². The maximum Gasteiger partial charge on any atom is 0.332 e. The third-order valence-electron chi connectivity index (χ3n) is 6.05. The summed E-state index contributed by atoms with van der Waals surface area (Å²) >= 11 is 0. The van der Waals surface area contributed by atoms with Gasteiger partial charge in [-0.3, -0.25) is 18.7 Å². The summed E-state index contributed by atoms with van der Waals surface area (Å²) < 4.78 is 2.60. The lowest BCUT2D eigenvalue weighted by Crippen LogP contribution is -2.60. The van der Waals surface area contributed by atoms with Crippen LogP contribution in [0.2, 0.25) is 0 Å². The van der Waals surface area contributed by atoms with Gasteiger partial charge in [0.1, 0.15) is 11.8 Å². The minimum absolute atomic E-state index is 0.0513. The van der Waals surface area contributed by atoms with Crippen molar-refractivity contribution in [2.24, 2.45) is 0 Å². The number of aliphatic hydroxyl groups excluding tert-OH is 1. The number of rotatable bonds is 7. The molecule has 0 bridgehead atoms. The van der Waals surface area contributed by atoms with Gasteiger partial charge in [0.25, 0.3) is 5.56 Å². The van der Waals surface area contributed by atoms with E-state index in [0.717, 1.165) is 24.8 Å². The number of aromatic nitrogens is 2. The second kappa shape index (κ2) is 9.89. The first-order valence-electron chi connectivity index (χ1n) is 11.0. The quantitative estimate of drug-likeness (QED) is 0.599. The highest BCUT2D eigenvalue weighted by atomic mass is 16.4. The fraction of sp³-hybridized carbons (Fsp3) is 0.458. The molecule has 0 atom stereocenters. The van der Waals surface area contributed by atoms with Crippen LogP contribution < -0.4 is 27.1 Å². The lowest BCUT2D eigenvalue weighted by atomic mass is 9.95. The van der Waals surface area contributed by atoms with E-state index in [4.69, 9.17) is 5.11 Å². The van der Waals surface area contributed by atoms with Gasteiger partial charge in [-0.1, -0.05) is 64.0 Å². The molecule has 8 heteroatoms. The van der Waals surface area contributed by atoms with Crippen LogP contribution in [0.15, 0.2) is 33.9 Å². The van der Waals surface area contributed by atoms with Crippen LogP contribution in [0.25, 0.3) is 12.5 Å². The van der Waals surface area contributed by atoms with Crippen molar-refractivity contribution in [2.45, 2.75) is 64.5 Å². The number of aliphatic carboxylic acids is 1. The predicted molar refractivity (Wildman–Crippen MR) is 123 cm³/mol. The molecule has 172 valence electrons. The smallest absolute Gasteiger partial charge is 0.332 e. The van der Waals surface area contributed by atoms with Gasteiger partial charge in [0.15, 0.2) is 5.88 Å². The molecule has 32 heavy (non-hydrogen) atoms. The van der Waals surface area contributed by atoms with Gasteiger partial charge in [0.05, 0.1) is 11.9 Å². The van der Waals surface area contributed by atoms with Crippen molar-refractivity contribution < 1.29 is 15.0 Å². The summed E-state index contributed by atoms with van der Waals surface area (Å²) in [5, 5.41) is 21.7. The molecule has 1 aliphatic carbocycles. The van der Waals surface area contributed by atoms with Crippen LogP contribution in [-0.2, 0) is 11.3 Å². The Kier molecular flexibility index (Phi) is 7.22. The molecule has 0 unspecified atom stereocenters. The maximum absolute atomic E-state index is 13.4. The summed E-state index contributed by atoms with van der Waals surface area (Å²) in [4.78, 5) is 37.6. The summed E-state index contributed by atoms with van der Waals surface area (Å²) in [6.45, 7) is 7.72. The lowest BCUT2D eigenvalue weighted by molar-refractivity contribution is -0.135. The van der Waals surface area contributed by atoms with Crippen molar-refractivity contribution in [1.29, 1.82) is 0 Å². The first kappa shape index (κ1) is 23.4. The number of benzene rings is 1. The molecule has 1 fully saturated rings. The number of hydrogen-bond acceptors (Lipinski definition) is 5. The third-order valence-corrected chi connectivity index (χ3v) is 6.05. The summed E-state index contributed by atoms with van der Waals surface area (Å²) in [5.74, 6) is -1.40. The van der Waals surface area contributed by atoms with Gasteiger partial charge in [-0.15, -0.1) is 0 Å². The Labute approximate surface area is 186 Å². The Morgan fingerprint density at radius 1 is 1.12 bits per heavy atom. The number of hydrogen-bond donors (Lipinski definition) is 3. The normalized spacial score (nSPS) is 15.6. The molecular formula is C24H31N3O5. The zero-order chi connectivity index (χ0) is 23.4. The highest BCUT2D eigenvalue weighted by Crippen LogP contribution is 2.25. The molecular weight excluding hydrogens is 410 g/mol. The molecule has 2 aromatic rings. The number of nitrogens with one attached hydrogen (secondary N) is 1. The van der Waals surface area contributed by atoms with Crippen LogP contribution >= 0.6 is 0 Å². The van der Waals surface area contributed by atoms with E-state index in [1.54, 1.807) is 0 Å². The van der Waals surface area contributed by atoms with Crippen LogP contribution in [0.3, 0.4) is 0 Å². The molecule has 0 amide bonds. The van der Waals surface area contributed by atoms with Gasteiger partial charge in [-0.2, -0.15) is 0 Å². The Hall–Kier alpha value is -3.29. The molecule has 1 saturated carbocycles. The van der Waals surface area contributed by atoms with Gasteiger partial charge in [0.2, 0.25) is 0 Å². The number of nitrogens with zero attached hydrogens (tertiary/aromatic N) is 2. The average molecular weight is 442 g/mol. The third kappa shape index (κ3) is 4.95. The van der Waals surface area contributed by atoms with Crippen LogP contribution in [0.1, 0.15) is 69.0 Å². The topological polar surface area (TPSA) is 114 Å². The number of carbonyl (C=O) groups is 1. The monoisotopic (exact) mass is 441 g/mol. The zero-order valence-electron chi connectivity index (χ0n) is 18.6. The second-order valence-electron chi connectivity index (χ2n) is 8.65. The summed E-state index contributed by atoms with van der Waals surface area (Å²) in [5.41, 5.74) is 0.926. The summed E-state index contributed by atoms with van der Waals surface area (Å²) in [6, 6.07) is 7.62. The summed E-state index contributed by atoms with van der Waals surface area (Å²) in [6.07, 6.45) is 4.30. The van der Waals surface area contributed by atoms with Crippen molar-refractivity contribution in [3.8, 4) is 0 Å². The number of carboxylic acid groups (broad SMARTS) is 1. The van der Waals surface area contributed by atoms with Gasteiger partial charge in [0, 0.05) is 6.04 Å². The fourth-order valence-electron chi connectivity index (χ4n) is 4.21.